The number of hydrogen-bond acceptors (Lipinski definition) is 11. The smallest absolute Gasteiger partial charge is 0.248 e. The third-order valence-corrected chi connectivity index (χ3v) is 9.43. The highest BCUT2D eigenvalue weighted by molar-refractivity contribution is 5.96. The number of carbonyl (C=O) groups is 5. The van der Waals surface area contributed by atoms with Crippen LogP contribution in [0.5, 0.6) is 11.5 Å². The van der Waals surface area contributed by atoms with Crippen LogP contribution in [0, 0.1) is 17.1 Å². The van der Waals surface area contributed by atoms with Gasteiger partial charge in [0.2, 0.25) is 29.5 Å². The van der Waals surface area contributed by atoms with Crippen LogP contribution in [0.15, 0.2) is 60.7 Å². The number of nitrogens with one attached hydrogen (secondary N) is 4. The molecule has 0 unspecified atom stereocenters. The van der Waals surface area contributed by atoms with Crippen molar-refractivity contribution in [2.75, 3.05) is 46.4 Å². The highest BCUT2D eigenvalue weighted by atomic mass is 19.1. The van der Waals surface area contributed by atoms with Crippen molar-refractivity contribution in [3.63, 3.8) is 0 Å². The molecule has 0 spiro atoms. The number of halogens is 1. The van der Waals surface area contributed by atoms with Gasteiger partial charge in [0.05, 0.1) is 6.07 Å². The molecule has 17 heteroatoms. The molecular formula is C41H52FN9O7. The lowest BCUT2D eigenvalue weighted by atomic mass is 9.93. The number of hydrogen-bond donors (Lipinski definition) is 7. The van der Waals surface area contributed by atoms with Crippen LogP contribution in [0.2, 0.25) is 0 Å². The molecule has 0 fully saturated rings. The monoisotopic (exact) mass is 801 g/mol. The van der Waals surface area contributed by atoms with Gasteiger partial charge in [0, 0.05) is 44.1 Å². The van der Waals surface area contributed by atoms with Gasteiger partial charge in [-0.3, -0.25) is 24.0 Å². The summed E-state index contributed by atoms with van der Waals surface area (Å²) < 4.78 is 25.4. The summed E-state index contributed by atoms with van der Waals surface area (Å²) in [5.41, 5.74) is 20.2. The number of benzene rings is 3. The molecule has 0 aromatic heterocycles. The van der Waals surface area contributed by atoms with E-state index >= 15 is 0 Å². The first-order chi connectivity index (χ1) is 27.9. The maximum atomic E-state index is 14.4. The maximum Gasteiger partial charge on any atom is 0.248 e. The molecule has 310 valence electrons. The molecule has 0 radical (unpaired) electrons. The zero-order chi connectivity index (χ0) is 42.2. The van der Waals surface area contributed by atoms with Crippen LogP contribution in [-0.4, -0.2) is 99.0 Å². The summed E-state index contributed by atoms with van der Waals surface area (Å²) in [7, 11) is 1.41. The van der Waals surface area contributed by atoms with E-state index in [1.54, 1.807) is 48.5 Å². The molecule has 58 heavy (non-hydrogen) atoms. The van der Waals surface area contributed by atoms with Gasteiger partial charge in [0.15, 0.2) is 0 Å². The quantitative estimate of drug-likeness (QED) is 0.0936. The molecule has 10 N–H and O–H groups in total. The van der Waals surface area contributed by atoms with Gasteiger partial charge in [-0.25, -0.2) is 4.39 Å². The first kappa shape index (κ1) is 44.6. The van der Waals surface area contributed by atoms with Crippen LogP contribution < -0.4 is 47.9 Å². The Morgan fingerprint density at radius 1 is 0.931 bits per heavy atom. The summed E-state index contributed by atoms with van der Waals surface area (Å²) >= 11 is 0. The predicted octanol–water partition coefficient (Wildman–Crippen LogP) is 0.709. The first-order valence-electron chi connectivity index (χ1n) is 19.1. The molecule has 4 atom stereocenters. The van der Waals surface area contributed by atoms with Gasteiger partial charge >= 0.3 is 0 Å². The van der Waals surface area contributed by atoms with Crippen molar-refractivity contribution < 1.29 is 37.8 Å². The number of nitrogens with zero attached hydrogens (tertiary/aromatic N) is 2. The summed E-state index contributed by atoms with van der Waals surface area (Å²) in [5.74, 6) is -2.68. The molecule has 4 bridgehead atoms. The Kier molecular flexibility index (Phi) is 16.9. The van der Waals surface area contributed by atoms with E-state index in [9.17, 15) is 28.4 Å². The van der Waals surface area contributed by atoms with Crippen molar-refractivity contribution in [2.45, 2.75) is 63.2 Å². The van der Waals surface area contributed by atoms with Crippen LogP contribution in [0.3, 0.4) is 0 Å². The topological polar surface area (TPSA) is 257 Å². The number of nitriles is 1. The number of nitrogens with two attached hydrogens (primary N) is 3. The molecule has 0 saturated heterocycles. The Hall–Kier alpha value is -6.09. The summed E-state index contributed by atoms with van der Waals surface area (Å²) in [6.07, 6.45) is 1.08. The highest BCUT2D eigenvalue weighted by Gasteiger charge is 2.36. The second-order valence-electron chi connectivity index (χ2n) is 13.8. The summed E-state index contributed by atoms with van der Waals surface area (Å²) in [4.78, 5) is 69.8. The van der Waals surface area contributed by atoms with Crippen molar-refractivity contribution in [1.29, 1.82) is 5.26 Å². The molecular weight excluding hydrogens is 750 g/mol. The molecule has 0 saturated carbocycles. The fourth-order valence-electron chi connectivity index (χ4n) is 6.50. The number of likely N-dealkylation sites (N-methyl/N-ethyl adjacent to an activating group) is 1. The van der Waals surface area contributed by atoms with Gasteiger partial charge in [-0.05, 0) is 85.8 Å². The Labute approximate surface area is 337 Å². The first-order valence-corrected chi connectivity index (χ1v) is 19.1. The lowest BCUT2D eigenvalue weighted by Gasteiger charge is -2.32. The normalized spacial score (nSPS) is 17.0. The second kappa shape index (κ2) is 22.0. The van der Waals surface area contributed by atoms with Gasteiger partial charge in [-0.15, -0.1) is 0 Å². The number of ether oxygens (including phenoxy) is 2. The average molecular weight is 802 g/mol. The maximum absolute atomic E-state index is 14.4. The van der Waals surface area contributed by atoms with Crippen molar-refractivity contribution in [2.24, 2.45) is 17.2 Å². The largest absolute Gasteiger partial charge is 0.492 e. The van der Waals surface area contributed by atoms with Gasteiger partial charge in [0.1, 0.15) is 61.2 Å². The second-order valence-corrected chi connectivity index (χ2v) is 13.8. The van der Waals surface area contributed by atoms with Crippen molar-refractivity contribution >= 4 is 29.5 Å². The molecule has 1 aliphatic rings. The molecule has 16 nitrogen and oxygen atoms in total. The minimum Gasteiger partial charge on any atom is -0.492 e. The van der Waals surface area contributed by atoms with Crippen molar-refractivity contribution in [3.8, 4) is 28.7 Å². The average Bonchev–Trinajstić information content (AvgIpc) is 3.21. The lowest BCUT2D eigenvalue weighted by molar-refractivity contribution is -0.143. The van der Waals surface area contributed by atoms with Crippen molar-refractivity contribution in [3.05, 3.63) is 83.2 Å². The molecule has 3 aromatic carbocycles. The van der Waals surface area contributed by atoms with Crippen LogP contribution in [0.4, 0.5) is 4.39 Å². The number of fused-ring (bicyclic) bond motifs is 5. The lowest BCUT2D eigenvalue weighted by Crippen LogP contribution is -2.56. The standard InChI is InChI=1S/C41H52FN9O7/c1-25-38(53)50-33(39(54)47-19-16-44)23-27-8-12-34(57-20-17-45)30(22-27)31-24-28(9-13-35(31)58-21-18-46)37(40(55)48-25)51(2)41(56)32(14-15-43)49-36(52)5-3-4-26-6-10-29(42)11-7-26/h6-13,22,24-25,32-33,37H,3-5,14-15,17-21,23,43,45-46H2,1-2H3,(H,47,54)(H,48,55)(H,49,52)(H,50,53)/t25-,32-,33-,37-/m0/s1. The Bertz CT molecular complexity index is 1960. The number of rotatable bonds is 17. The van der Waals surface area contributed by atoms with Gasteiger partial charge in [-0.1, -0.05) is 24.3 Å². The SMILES string of the molecule is C[C@@H]1NC(=O)[C@@H](N(C)C(=O)[C@H](CCN)NC(=O)CCCc2ccc(F)cc2)c2ccc(OCCN)c(c2)-c2cc(ccc2OCCN)C[C@@H](C(=O)NCC#N)NC1=O. The van der Waals surface area contributed by atoms with E-state index in [-0.39, 0.29) is 64.5 Å². The molecule has 1 aliphatic heterocycles. The number of amides is 5. The molecule has 0 aliphatic carbocycles. The van der Waals surface area contributed by atoms with E-state index in [0.29, 0.717) is 46.6 Å². The minimum atomic E-state index is -1.37. The summed E-state index contributed by atoms with van der Waals surface area (Å²) in [6.45, 7) is 1.86. The predicted molar refractivity (Wildman–Crippen MR) is 213 cm³/mol. The fourth-order valence-corrected chi connectivity index (χ4v) is 6.50. The molecule has 1 heterocycles. The Morgan fingerprint density at radius 3 is 2.22 bits per heavy atom. The van der Waals surface area contributed by atoms with Gasteiger partial charge < -0.3 is 52.8 Å². The number of aryl methyl sites for hydroxylation is 1. The van der Waals surface area contributed by atoms with Crippen LogP contribution in [0.1, 0.15) is 48.9 Å². The highest BCUT2D eigenvalue weighted by Crippen LogP contribution is 2.40. The Morgan fingerprint density at radius 2 is 1.59 bits per heavy atom. The van der Waals surface area contributed by atoms with Gasteiger partial charge in [0.25, 0.3) is 0 Å². The van der Waals surface area contributed by atoms with Gasteiger partial charge in [-0.2, -0.15) is 5.26 Å². The third-order valence-electron chi connectivity index (χ3n) is 9.43. The van der Waals surface area contributed by atoms with Crippen LogP contribution in [-0.2, 0) is 36.8 Å². The molecule has 4 rings (SSSR count). The fraction of sp³-hybridized carbons (Fsp3) is 0.415. The Balaban J connectivity index is 1.78. The van der Waals surface area contributed by atoms with E-state index in [2.05, 4.69) is 21.3 Å². The van der Waals surface area contributed by atoms with E-state index in [4.69, 9.17) is 31.9 Å². The molecule has 3 aromatic rings. The van der Waals surface area contributed by atoms with E-state index in [0.717, 1.165) is 5.56 Å². The zero-order valence-corrected chi connectivity index (χ0v) is 32.7. The summed E-state index contributed by atoms with van der Waals surface area (Å²) in [6, 6.07) is 13.1. The minimum absolute atomic E-state index is 0.00682. The van der Waals surface area contributed by atoms with Crippen LogP contribution in [0.25, 0.3) is 11.1 Å². The van der Waals surface area contributed by atoms with E-state index in [1.807, 2.05) is 6.07 Å². The third kappa shape index (κ3) is 12.2. The zero-order valence-electron chi connectivity index (χ0n) is 32.7. The number of carbonyl (C=O) groups excluding carboxylic acids is 5. The van der Waals surface area contributed by atoms with Crippen LogP contribution >= 0.6 is 0 Å². The summed E-state index contributed by atoms with van der Waals surface area (Å²) in [5, 5.41) is 19.7. The van der Waals surface area contributed by atoms with E-state index in [1.165, 1.54) is 31.0 Å². The molecule has 5 amide bonds. The van der Waals surface area contributed by atoms with E-state index < -0.39 is 53.7 Å². The van der Waals surface area contributed by atoms with Crippen molar-refractivity contribution in [1.82, 2.24) is 26.2 Å².